The Hall–Kier alpha value is -0.830. The van der Waals surface area contributed by atoms with Gasteiger partial charge in [0, 0.05) is 12.6 Å². The Balaban J connectivity index is 1.40. The van der Waals surface area contributed by atoms with Gasteiger partial charge < -0.3 is 10.6 Å². The highest BCUT2D eigenvalue weighted by Gasteiger charge is 2.37. The van der Waals surface area contributed by atoms with Crippen LogP contribution in [-0.2, 0) is 4.79 Å². The fourth-order valence-electron chi connectivity index (χ4n) is 3.96. The lowest BCUT2D eigenvalue weighted by Gasteiger charge is -2.24. The van der Waals surface area contributed by atoms with E-state index in [9.17, 15) is 4.79 Å². The Bertz CT molecular complexity index is 350. The molecule has 3 rings (SSSR count). The molecule has 3 atom stereocenters. The predicted molar refractivity (Wildman–Crippen MR) is 76.8 cm³/mol. The van der Waals surface area contributed by atoms with Gasteiger partial charge in [0.1, 0.15) is 0 Å². The molecule has 3 unspecified atom stereocenters. The van der Waals surface area contributed by atoms with E-state index in [1.54, 1.807) is 0 Å². The Labute approximate surface area is 116 Å². The molecule has 0 spiro atoms. The highest BCUT2D eigenvalue weighted by molar-refractivity contribution is 5.82. The number of amides is 1. The third kappa shape index (κ3) is 3.19. The van der Waals surface area contributed by atoms with E-state index in [2.05, 4.69) is 16.7 Å². The van der Waals surface area contributed by atoms with Crippen LogP contribution in [0.1, 0.15) is 57.8 Å². The maximum absolute atomic E-state index is 12.2. The molecule has 106 valence electrons. The first-order valence-corrected chi connectivity index (χ1v) is 8.04. The van der Waals surface area contributed by atoms with Gasteiger partial charge in [0.15, 0.2) is 0 Å². The van der Waals surface area contributed by atoms with Crippen LogP contribution < -0.4 is 10.6 Å². The van der Waals surface area contributed by atoms with Gasteiger partial charge in [-0.25, -0.2) is 0 Å². The SMILES string of the molecule is O=C(NCCC1=CCCC1)C1CC2CCCCC2N1. The number of allylic oxidation sites excluding steroid dienone is 1. The summed E-state index contributed by atoms with van der Waals surface area (Å²) in [4.78, 5) is 12.2. The number of rotatable bonds is 4. The van der Waals surface area contributed by atoms with Crippen LogP contribution in [0.15, 0.2) is 11.6 Å². The summed E-state index contributed by atoms with van der Waals surface area (Å²) in [5.74, 6) is 0.982. The standard InChI is InChI=1S/C16H26N2O/c19-16(17-10-9-12-5-1-2-6-12)15-11-13-7-3-4-8-14(13)18-15/h5,13-15,18H,1-4,6-11H2,(H,17,19). The van der Waals surface area contributed by atoms with Crippen molar-refractivity contribution in [2.75, 3.05) is 6.54 Å². The fourth-order valence-corrected chi connectivity index (χ4v) is 3.96. The van der Waals surface area contributed by atoms with Crippen molar-refractivity contribution >= 4 is 5.91 Å². The van der Waals surface area contributed by atoms with Crippen LogP contribution in [0.5, 0.6) is 0 Å². The van der Waals surface area contributed by atoms with Crippen molar-refractivity contribution in [2.24, 2.45) is 5.92 Å². The number of hydrogen-bond acceptors (Lipinski definition) is 2. The Morgan fingerprint density at radius 1 is 1.32 bits per heavy atom. The van der Waals surface area contributed by atoms with Crippen LogP contribution >= 0.6 is 0 Å². The van der Waals surface area contributed by atoms with Crippen molar-refractivity contribution in [3.8, 4) is 0 Å². The fraction of sp³-hybridized carbons (Fsp3) is 0.812. The molecule has 1 amide bonds. The summed E-state index contributed by atoms with van der Waals surface area (Å²) in [7, 11) is 0. The summed E-state index contributed by atoms with van der Waals surface area (Å²) in [6, 6.07) is 0.688. The summed E-state index contributed by atoms with van der Waals surface area (Å²) in [6.45, 7) is 0.818. The molecule has 0 aromatic rings. The largest absolute Gasteiger partial charge is 0.354 e. The summed E-state index contributed by atoms with van der Waals surface area (Å²) in [6.07, 6.45) is 13.5. The first-order chi connectivity index (χ1) is 9.33. The Morgan fingerprint density at radius 2 is 2.21 bits per heavy atom. The number of fused-ring (bicyclic) bond motifs is 1. The minimum atomic E-state index is 0.0747. The number of hydrogen-bond donors (Lipinski definition) is 2. The van der Waals surface area contributed by atoms with E-state index in [1.807, 2.05) is 0 Å². The van der Waals surface area contributed by atoms with Crippen LogP contribution in [0, 0.1) is 5.92 Å². The molecule has 0 aromatic heterocycles. The van der Waals surface area contributed by atoms with Gasteiger partial charge in [-0.05, 0) is 50.9 Å². The molecule has 0 bridgehead atoms. The van der Waals surface area contributed by atoms with E-state index < -0.39 is 0 Å². The topological polar surface area (TPSA) is 41.1 Å². The first kappa shape index (κ1) is 13.2. The highest BCUT2D eigenvalue weighted by Crippen LogP contribution is 2.33. The van der Waals surface area contributed by atoms with Gasteiger partial charge in [-0.1, -0.05) is 24.5 Å². The molecule has 3 aliphatic rings. The zero-order chi connectivity index (χ0) is 13.1. The van der Waals surface area contributed by atoms with Crippen molar-refractivity contribution < 1.29 is 4.79 Å². The third-order valence-corrected chi connectivity index (χ3v) is 5.06. The highest BCUT2D eigenvalue weighted by atomic mass is 16.2. The molecule has 0 radical (unpaired) electrons. The maximum atomic E-state index is 12.2. The zero-order valence-electron chi connectivity index (χ0n) is 11.8. The van der Waals surface area contributed by atoms with Crippen LogP contribution in [0.4, 0.5) is 0 Å². The van der Waals surface area contributed by atoms with Crippen LogP contribution in [0.2, 0.25) is 0 Å². The predicted octanol–water partition coefficient (Wildman–Crippen LogP) is 2.52. The average molecular weight is 262 g/mol. The van der Waals surface area contributed by atoms with Gasteiger partial charge in [0.05, 0.1) is 6.04 Å². The smallest absolute Gasteiger partial charge is 0.237 e. The molecule has 1 saturated carbocycles. The normalized spacial score (nSPS) is 33.9. The maximum Gasteiger partial charge on any atom is 0.237 e. The summed E-state index contributed by atoms with van der Waals surface area (Å²) < 4.78 is 0. The van der Waals surface area contributed by atoms with Crippen molar-refractivity contribution in [2.45, 2.75) is 69.9 Å². The van der Waals surface area contributed by atoms with E-state index in [4.69, 9.17) is 0 Å². The van der Waals surface area contributed by atoms with Crippen molar-refractivity contribution in [1.29, 1.82) is 0 Å². The van der Waals surface area contributed by atoms with E-state index in [0.29, 0.717) is 6.04 Å². The molecule has 2 aliphatic carbocycles. The van der Waals surface area contributed by atoms with Crippen LogP contribution in [-0.4, -0.2) is 24.5 Å². The molecule has 2 fully saturated rings. The second kappa shape index (κ2) is 6.08. The van der Waals surface area contributed by atoms with Gasteiger partial charge >= 0.3 is 0 Å². The number of nitrogens with one attached hydrogen (secondary N) is 2. The Morgan fingerprint density at radius 3 is 3.00 bits per heavy atom. The lowest BCUT2D eigenvalue weighted by Crippen LogP contribution is -2.43. The van der Waals surface area contributed by atoms with Gasteiger partial charge in [-0.3, -0.25) is 4.79 Å². The van der Waals surface area contributed by atoms with Crippen molar-refractivity contribution in [3.63, 3.8) is 0 Å². The molecule has 3 heteroatoms. The van der Waals surface area contributed by atoms with E-state index in [1.165, 1.54) is 50.5 Å². The quantitative estimate of drug-likeness (QED) is 0.764. The van der Waals surface area contributed by atoms with Gasteiger partial charge in [-0.2, -0.15) is 0 Å². The molecule has 19 heavy (non-hydrogen) atoms. The molecule has 0 aromatic carbocycles. The lowest BCUT2D eigenvalue weighted by atomic mass is 9.85. The van der Waals surface area contributed by atoms with Crippen molar-refractivity contribution in [3.05, 3.63) is 11.6 Å². The van der Waals surface area contributed by atoms with E-state index >= 15 is 0 Å². The third-order valence-electron chi connectivity index (χ3n) is 5.06. The van der Waals surface area contributed by atoms with Gasteiger partial charge in [-0.15, -0.1) is 0 Å². The average Bonchev–Trinajstić information content (AvgIpc) is 3.07. The molecule has 3 nitrogen and oxygen atoms in total. The Kier molecular flexibility index (Phi) is 4.21. The minimum Gasteiger partial charge on any atom is -0.354 e. The van der Waals surface area contributed by atoms with Crippen LogP contribution in [0.3, 0.4) is 0 Å². The summed E-state index contributed by atoms with van der Waals surface area (Å²) in [5, 5.41) is 6.66. The minimum absolute atomic E-state index is 0.0747. The van der Waals surface area contributed by atoms with E-state index in [0.717, 1.165) is 25.3 Å². The molecule has 2 N–H and O–H groups in total. The number of carbonyl (C=O) groups excluding carboxylic acids is 1. The van der Waals surface area contributed by atoms with Gasteiger partial charge in [0.2, 0.25) is 5.91 Å². The molecule has 1 saturated heterocycles. The molecule has 1 heterocycles. The molecular formula is C16H26N2O. The first-order valence-electron chi connectivity index (χ1n) is 8.04. The van der Waals surface area contributed by atoms with E-state index in [-0.39, 0.29) is 11.9 Å². The number of carbonyl (C=O) groups is 1. The second-order valence-corrected chi connectivity index (χ2v) is 6.40. The zero-order valence-corrected chi connectivity index (χ0v) is 11.8. The van der Waals surface area contributed by atoms with Crippen molar-refractivity contribution in [1.82, 2.24) is 10.6 Å². The van der Waals surface area contributed by atoms with Crippen LogP contribution in [0.25, 0.3) is 0 Å². The monoisotopic (exact) mass is 262 g/mol. The molecular weight excluding hydrogens is 236 g/mol. The molecule has 1 aliphatic heterocycles. The summed E-state index contributed by atoms with van der Waals surface area (Å²) >= 11 is 0. The lowest BCUT2D eigenvalue weighted by molar-refractivity contribution is -0.122. The summed E-state index contributed by atoms with van der Waals surface area (Å²) in [5.41, 5.74) is 1.54. The van der Waals surface area contributed by atoms with Gasteiger partial charge in [0.25, 0.3) is 0 Å². The second-order valence-electron chi connectivity index (χ2n) is 6.40.